The molecule has 3 nitrogen and oxygen atoms in total. The minimum atomic E-state index is -0.465. The van der Waals surface area contributed by atoms with E-state index in [2.05, 4.69) is 0 Å². The Bertz CT molecular complexity index is 1000. The molecule has 0 spiro atoms. The Morgan fingerprint density at radius 2 is 1.72 bits per heavy atom. The van der Waals surface area contributed by atoms with Crippen molar-refractivity contribution < 1.29 is 8.78 Å². The zero-order valence-corrected chi connectivity index (χ0v) is 13.6. The molecule has 0 aliphatic heterocycles. The van der Waals surface area contributed by atoms with Gasteiger partial charge in [-0.05, 0) is 72.7 Å². The zero-order valence-electron chi connectivity index (χ0n) is 13.6. The fourth-order valence-corrected chi connectivity index (χ4v) is 3.55. The third-order valence-electron chi connectivity index (χ3n) is 4.76. The van der Waals surface area contributed by atoms with Crippen molar-refractivity contribution in [1.29, 1.82) is 0 Å². The van der Waals surface area contributed by atoms with Gasteiger partial charge in [0.2, 0.25) is 0 Å². The number of hydrogen-bond acceptors (Lipinski definition) is 2. The monoisotopic (exact) mass is 340 g/mol. The summed E-state index contributed by atoms with van der Waals surface area (Å²) in [6, 6.07) is 8.89. The average Bonchev–Trinajstić information content (AvgIpc) is 3.42. The van der Waals surface area contributed by atoms with Crippen LogP contribution in [0.25, 0.3) is 16.6 Å². The fourth-order valence-electron chi connectivity index (χ4n) is 3.55. The number of nitrogens with zero attached hydrogens (tertiary/aromatic N) is 1. The van der Waals surface area contributed by atoms with E-state index in [1.807, 2.05) is 0 Å². The maximum absolute atomic E-state index is 13.8. The van der Waals surface area contributed by atoms with E-state index in [1.165, 1.54) is 28.8 Å². The van der Waals surface area contributed by atoms with Crippen LogP contribution in [0.2, 0.25) is 0 Å². The minimum Gasteiger partial charge on any atom is -0.330 e. The van der Waals surface area contributed by atoms with E-state index in [4.69, 9.17) is 5.73 Å². The van der Waals surface area contributed by atoms with Crippen LogP contribution < -0.4 is 11.3 Å². The highest BCUT2D eigenvalue weighted by molar-refractivity contribution is 5.74. The lowest BCUT2D eigenvalue weighted by atomic mass is 9.91. The van der Waals surface area contributed by atoms with Crippen LogP contribution in [0.5, 0.6) is 0 Å². The van der Waals surface area contributed by atoms with Crippen LogP contribution in [0.3, 0.4) is 0 Å². The van der Waals surface area contributed by atoms with Crippen LogP contribution in [-0.2, 0) is 6.42 Å². The molecule has 2 heterocycles. The normalized spacial score (nSPS) is 14.2. The lowest BCUT2D eigenvalue weighted by molar-refractivity contribution is 0.618. The maximum Gasteiger partial charge on any atom is 0.263 e. The van der Waals surface area contributed by atoms with Crippen LogP contribution >= 0.6 is 0 Å². The third-order valence-corrected chi connectivity index (χ3v) is 4.76. The molecule has 128 valence electrons. The Morgan fingerprint density at radius 1 is 1.04 bits per heavy atom. The van der Waals surface area contributed by atoms with E-state index in [9.17, 15) is 13.6 Å². The highest BCUT2D eigenvalue weighted by atomic mass is 19.1. The summed E-state index contributed by atoms with van der Waals surface area (Å²) in [7, 11) is 0. The van der Waals surface area contributed by atoms with Crippen molar-refractivity contribution in [2.24, 2.45) is 5.73 Å². The van der Waals surface area contributed by atoms with Crippen molar-refractivity contribution in [3.05, 3.63) is 75.7 Å². The van der Waals surface area contributed by atoms with Crippen LogP contribution in [0.15, 0.2) is 47.4 Å². The number of halogens is 2. The van der Waals surface area contributed by atoms with E-state index >= 15 is 0 Å². The molecule has 0 amide bonds. The molecular weight excluding hydrogens is 322 g/mol. The lowest BCUT2D eigenvalue weighted by Gasteiger charge is -2.18. The Labute approximate surface area is 143 Å². The Morgan fingerprint density at radius 3 is 2.36 bits per heavy atom. The fraction of sp³-hybridized carbons (Fsp3) is 0.250. The van der Waals surface area contributed by atoms with Gasteiger partial charge in [-0.15, -0.1) is 0 Å². The first kappa shape index (κ1) is 16.0. The second-order valence-electron chi connectivity index (χ2n) is 6.49. The number of benzene rings is 1. The molecule has 0 radical (unpaired) electrons. The highest BCUT2D eigenvalue weighted by Crippen LogP contribution is 2.45. The molecule has 2 aromatic heterocycles. The van der Waals surface area contributed by atoms with Crippen LogP contribution in [0, 0.1) is 11.6 Å². The van der Waals surface area contributed by atoms with Crippen LogP contribution in [-0.4, -0.2) is 10.9 Å². The molecule has 5 heteroatoms. The van der Waals surface area contributed by atoms with Gasteiger partial charge in [-0.1, -0.05) is 12.1 Å². The summed E-state index contributed by atoms with van der Waals surface area (Å²) in [5, 5.41) is 0. The van der Waals surface area contributed by atoms with Gasteiger partial charge in [-0.25, -0.2) is 8.78 Å². The molecule has 1 aromatic carbocycles. The van der Waals surface area contributed by atoms with E-state index in [0.29, 0.717) is 30.0 Å². The van der Waals surface area contributed by atoms with Gasteiger partial charge >= 0.3 is 0 Å². The van der Waals surface area contributed by atoms with Crippen molar-refractivity contribution in [3.63, 3.8) is 0 Å². The first-order chi connectivity index (χ1) is 12.1. The first-order valence-corrected chi connectivity index (χ1v) is 8.43. The van der Waals surface area contributed by atoms with Crippen molar-refractivity contribution in [2.75, 3.05) is 6.54 Å². The number of fused-ring (bicyclic) bond motifs is 1. The SMILES string of the molecule is NCCc1c(-c2ccc(F)cc2)c(=O)n2cc(F)ccc2c1C1CC1. The highest BCUT2D eigenvalue weighted by Gasteiger charge is 2.31. The molecule has 1 fully saturated rings. The van der Waals surface area contributed by atoms with Crippen LogP contribution in [0.1, 0.15) is 29.9 Å². The summed E-state index contributed by atoms with van der Waals surface area (Å²) in [6.07, 6.45) is 3.88. The van der Waals surface area contributed by atoms with Gasteiger partial charge in [0.1, 0.15) is 11.6 Å². The summed E-state index contributed by atoms with van der Waals surface area (Å²) < 4.78 is 28.5. The number of rotatable bonds is 4. The second-order valence-corrected chi connectivity index (χ2v) is 6.49. The third kappa shape index (κ3) is 2.74. The average molecular weight is 340 g/mol. The predicted octanol–water partition coefficient (Wildman–Crippen LogP) is 3.62. The van der Waals surface area contributed by atoms with Crippen molar-refractivity contribution in [1.82, 2.24) is 4.40 Å². The molecule has 4 rings (SSSR count). The Balaban J connectivity index is 2.12. The summed E-state index contributed by atoms with van der Waals surface area (Å²) >= 11 is 0. The van der Waals surface area contributed by atoms with Gasteiger partial charge in [0.25, 0.3) is 5.56 Å². The summed E-state index contributed by atoms with van der Waals surface area (Å²) in [6.45, 7) is 0.407. The molecule has 0 bridgehead atoms. The lowest BCUT2D eigenvalue weighted by Crippen LogP contribution is -2.22. The number of aromatic nitrogens is 1. The molecule has 1 aliphatic carbocycles. The van der Waals surface area contributed by atoms with Gasteiger partial charge < -0.3 is 5.73 Å². The number of nitrogens with two attached hydrogens (primary N) is 1. The standard InChI is InChI=1S/C20H18F2N2O/c21-14-5-3-13(4-6-14)19-16(9-10-23)18(12-1-2-12)17-8-7-15(22)11-24(17)20(19)25/h3-8,11-12H,1-2,9-10,23H2. The topological polar surface area (TPSA) is 47.5 Å². The zero-order chi connectivity index (χ0) is 17.6. The predicted molar refractivity (Wildman–Crippen MR) is 93.8 cm³/mol. The van der Waals surface area contributed by atoms with Gasteiger partial charge in [-0.3, -0.25) is 9.20 Å². The number of hydrogen-bond donors (Lipinski definition) is 1. The smallest absolute Gasteiger partial charge is 0.263 e. The van der Waals surface area contributed by atoms with Gasteiger partial charge in [0.15, 0.2) is 0 Å². The van der Waals surface area contributed by atoms with E-state index in [0.717, 1.165) is 29.5 Å². The molecule has 0 unspecified atom stereocenters. The van der Waals surface area contributed by atoms with E-state index in [1.54, 1.807) is 18.2 Å². The van der Waals surface area contributed by atoms with Crippen molar-refractivity contribution >= 4 is 5.52 Å². The van der Waals surface area contributed by atoms with Gasteiger partial charge in [0, 0.05) is 6.20 Å². The molecule has 1 aliphatic rings. The molecular formula is C20H18F2N2O. The van der Waals surface area contributed by atoms with E-state index < -0.39 is 5.82 Å². The molecule has 2 N–H and O–H groups in total. The first-order valence-electron chi connectivity index (χ1n) is 8.43. The molecule has 0 saturated heterocycles. The van der Waals surface area contributed by atoms with Crippen molar-refractivity contribution in [3.8, 4) is 11.1 Å². The molecule has 3 aromatic rings. The molecule has 1 saturated carbocycles. The van der Waals surface area contributed by atoms with Crippen LogP contribution in [0.4, 0.5) is 8.78 Å². The molecule has 0 atom stereocenters. The molecule has 25 heavy (non-hydrogen) atoms. The Kier molecular flexibility index (Phi) is 3.88. The Hall–Kier alpha value is -2.53. The second kappa shape index (κ2) is 6.08. The van der Waals surface area contributed by atoms with Crippen molar-refractivity contribution in [2.45, 2.75) is 25.2 Å². The number of pyridine rings is 2. The minimum absolute atomic E-state index is 0.297. The summed E-state index contributed by atoms with van der Waals surface area (Å²) in [4.78, 5) is 13.1. The largest absolute Gasteiger partial charge is 0.330 e. The summed E-state index contributed by atoms with van der Waals surface area (Å²) in [5.74, 6) is -0.465. The summed E-state index contributed by atoms with van der Waals surface area (Å²) in [5.41, 5.74) is 9.37. The van der Waals surface area contributed by atoms with Gasteiger partial charge in [-0.2, -0.15) is 0 Å². The van der Waals surface area contributed by atoms with E-state index in [-0.39, 0.29) is 11.4 Å². The quantitative estimate of drug-likeness (QED) is 0.788. The maximum atomic E-state index is 13.8. The van der Waals surface area contributed by atoms with Gasteiger partial charge in [0.05, 0.1) is 11.1 Å².